The topological polar surface area (TPSA) is 38.9 Å². The van der Waals surface area contributed by atoms with Gasteiger partial charge in [0, 0.05) is 5.88 Å². The van der Waals surface area contributed by atoms with Gasteiger partial charge >= 0.3 is 0 Å². The molecule has 54 valence electrons. The fraction of sp³-hybridized carbons (Fsp3) is 0.167. The van der Waals surface area contributed by atoms with E-state index in [0.29, 0.717) is 11.7 Å². The van der Waals surface area contributed by atoms with Gasteiger partial charge in [0.15, 0.2) is 0 Å². The standard InChI is InChI=1S/C6H6ClIN2/c7-3-4-1-5(8)10-6(9)2-4/h1-2H,3H2,(H2,9,10). The number of nitrogen functional groups attached to an aromatic ring is 1. The van der Waals surface area contributed by atoms with Gasteiger partial charge in [0.1, 0.15) is 9.52 Å². The zero-order chi connectivity index (χ0) is 7.56. The first-order valence-electron chi connectivity index (χ1n) is 2.70. The summed E-state index contributed by atoms with van der Waals surface area (Å²) >= 11 is 7.69. The van der Waals surface area contributed by atoms with E-state index < -0.39 is 0 Å². The monoisotopic (exact) mass is 268 g/mol. The van der Waals surface area contributed by atoms with Crippen LogP contribution in [0.4, 0.5) is 5.82 Å². The number of hydrogen-bond acceptors (Lipinski definition) is 2. The molecule has 0 aliphatic heterocycles. The van der Waals surface area contributed by atoms with Crippen molar-refractivity contribution in [2.75, 3.05) is 5.73 Å². The van der Waals surface area contributed by atoms with Gasteiger partial charge in [-0.15, -0.1) is 11.6 Å². The van der Waals surface area contributed by atoms with Crippen molar-refractivity contribution in [3.63, 3.8) is 0 Å². The molecule has 1 aromatic rings. The quantitative estimate of drug-likeness (QED) is 0.481. The first-order valence-corrected chi connectivity index (χ1v) is 4.31. The number of rotatable bonds is 1. The Balaban J connectivity index is 3.06. The Morgan fingerprint density at radius 3 is 2.80 bits per heavy atom. The number of halogens is 2. The van der Waals surface area contributed by atoms with Gasteiger partial charge in [-0.25, -0.2) is 4.98 Å². The summed E-state index contributed by atoms with van der Waals surface area (Å²) in [6.45, 7) is 0. The Morgan fingerprint density at radius 2 is 2.30 bits per heavy atom. The third kappa shape index (κ3) is 1.98. The van der Waals surface area contributed by atoms with Crippen LogP contribution in [0.2, 0.25) is 0 Å². The summed E-state index contributed by atoms with van der Waals surface area (Å²) < 4.78 is 0.883. The summed E-state index contributed by atoms with van der Waals surface area (Å²) in [7, 11) is 0. The van der Waals surface area contributed by atoms with Crippen LogP contribution in [-0.4, -0.2) is 4.98 Å². The van der Waals surface area contributed by atoms with Crippen LogP contribution >= 0.6 is 34.2 Å². The molecule has 0 atom stereocenters. The molecule has 10 heavy (non-hydrogen) atoms. The van der Waals surface area contributed by atoms with Gasteiger partial charge in [-0.2, -0.15) is 0 Å². The Labute approximate surface area is 77.9 Å². The maximum Gasteiger partial charge on any atom is 0.124 e. The van der Waals surface area contributed by atoms with Crippen molar-refractivity contribution in [3.8, 4) is 0 Å². The van der Waals surface area contributed by atoms with E-state index >= 15 is 0 Å². The third-order valence-electron chi connectivity index (χ3n) is 1.03. The Bertz CT molecular complexity index is 219. The average molecular weight is 268 g/mol. The van der Waals surface area contributed by atoms with Gasteiger partial charge in [0.05, 0.1) is 0 Å². The lowest BCUT2D eigenvalue weighted by Gasteiger charge is -1.97. The summed E-state index contributed by atoms with van der Waals surface area (Å²) in [6.07, 6.45) is 0. The van der Waals surface area contributed by atoms with Crippen molar-refractivity contribution in [1.82, 2.24) is 4.98 Å². The van der Waals surface area contributed by atoms with Crippen molar-refractivity contribution in [3.05, 3.63) is 21.4 Å². The second-order valence-electron chi connectivity index (χ2n) is 1.86. The highest BCUT2D eigenvalue weighted by Gasteiger charge is 1.95. The lowest BCUT2D eigenvalue weighted by Crippen LogP contribution is -1.93. The van der Waals surface area contributed by atoms with Crippen molar-refractivity contribution >= 4 is 40.0 Å². The van der Waals surface area contributed by atoms with Crippen LogP contribution in [0.15, 0.2) is 12.1 Å². The second kappa shape index (κ2) is 3.39. The molecule has 0 saturated heterocycles. The van der Waals surface area contributed by atoms with E-state index in [2.05, 4.69) is 27.6 Å². The Kier molecular flexibility index (Phi) is 2.73. The van der Waals surface area contributed by atoms with Crippen LogP contribution in [0.5, 0.6) is 0 Å². The summed E-state index contributed by atoms with van der Waals surface area (Å²) in [5.41, 5.74) is 6.47. The minimum atomic E-state index is 0.489. The normalized spacial score (nSPS) is 9.80. The molecule has 0 unspecified atom stereocenters. The van der Waals surface area contributed by atoms with Crippen molar-refractivity contribution in [2.24, 2.45) is 0 Å². The minimum absolute atomic E-state index is 0.489. The molecule has 0 aliphatic carbocycles. The molecule has 0 aromatic carbocycles. The molecule has 1 heterocycles. The van der Waals surface area contributed by atoms with Gasteiger partial charge in [-0.1, -0.05) is 0 Å². The number of hydrogen-bond donors (Lipinski definition) is 1. The van der Waals surface area contributed by atoms with E-state index in [0.717, 1.165) is 9.26 Å². The minimum Gasteiger partial charge on any atom is -0.384 e. The van der Waals surface area contributed by atoms with Gasteiger partial charge in [-0.05, 0) is 40.3 Å². The molecule has 1 aromatic heterocycles. The molecule has 0 saturated carbocycles. The van der Waals surface area contributed by atoms with E-state index in [9.17, 15) is 0 Å². The largest absolute Gasteiger partial charge is 0.384 e. The number of anilines is 1. The maximum atomic E-state index is 5.58. The molecule has 0 amide bonds. The van der Waals surface area contributed by atoms with E-state index in [1.165, 1.54) is 0 Å². The number of pyridine rings is 1. The summed E-state index contributed by atoms with van der Waals surface area (Å²) in [5, 5.41) is 0. The molecule has 2 N–H and O–H groups in total. The fourth-order valence-electron chi connectivity index (χ4n) is 0.650. The maximum absolute atomic E-state index is 5.58. The fourth-order valence-corrected chi connectivity index (χ4v) is 1.48. The molecule has 4 heteroatoms. The van der Waals surface area contributed by atoms with E-state index in [4.69, 9.17) is 17.3 Å². The van der Waals surface area contributed by atoms with Gasteiger partial charge in [-0.3, -0.25) is 0 Å². The molecule has 0 aliphatic rings. The predicted molar refractivity (Wildman–Crippen MR) is 50.9 cm³/mol. The first-order chi connectivity index (χ1) is 4.72. The van der Waals surface area contributed by atoms with Crippen molar-refractivity contribution in [2.45, 2.75) is 5.88 Å². The lowest BCUT2D eigenvalue weighted by atomic mass is 10.3. The zero-order valence-corrected chi connectivity index (χ0v) is 8.06. The van der Waals surface area contributed by atoms with E-state index in [1.54, 1.807) is 6.07 Å². The van der Waals surface area contributed by atoms with E-state index in [1.807, 2.05) is 6.07 Å². The van der Waals surface area contributed by atoms with Gasteiger partial charge in [0.2, 0.25) is 0 Å². The van der Waals surface area contributed by atoms with Crippen LogP contribution in [0.3, 0.4) is 0 Å². The van der Waals surface area contributed by atoms with Crippen LogP contribution in [0, 0.1) is 3.70 Å². The zero-order valence-electron chi connectivity index (χ0n) is 5.14. The molecule has 0 spiro atoms. The summed E-state index contributed by atoms with van der Waals surface area (Å²) in [6, 6.07) is 3.68. The molecule has 0 radical (unpaired) electrons. The molecule has 2 nitrogen and oxygen atoms in total. The Hall–Kier alpha value is -0.0300. The first kappa shape index (κ1) is 8.07. The smallest absolute Gasteiger partial charge is 0.124 e. The summed E-state index contributed by atoms with van der Waals surface area (Å²) in [5.74, 6) is 1.02. The highest BCUT2D eigenvalue weighted by Crippen LogP contribution is 2.11. The molecule has 0 bridgehead atoms. The number of alkyl halides is 1. The molecular weight excluding hydrogens is 262 g/mol. The number of nitrogens with zero attached hydrogens (tertiary/aromatic N) is 1. The van der Waals surface area contributed by atoms with Gasteiger partial charge < -0.3 is 5.73 Å². The van der Waals surface area contributed by atoms with E-state index in [-0.39, 0.29) is 0 Å². The van der Waals surface area contributed by atoms with Crippen molar-refractivity contribution < 1.29 is 0 Å². The molecule has 0 fully saturated rings. The predicted octanol–water partition coefficient (Wildman–Crippen LogP) is 2.01. The van der Waals surface area contributed by atoms with Gasteiger partial charge in [0.25, 0.3) is 0 Å². The highest BCUT2D eigenvalue weighted by atomic mass is 127. The van der Waals surface area contributed by atoms with Crippen LogP contribution in [0.25, 0.3) is 0 Å². The van der Waals surface area contributed by atoms with Crippen molar-refractivity contribution in [1.29, 1.82) is 0 Å². The number of nitrogens with two attached hydrogens (primary N) is 1. The molecule has 1 rings (SSSR count). The highest BCUT2D eigenvalue weighted by molar-refractivity contribution is 14.1. The summed E-state index contributed by atoms with van der Waals surface area (Å²) in [4.78, 5) is 3.99. The SMILES string of the molecule is Nc1cc(CCl)cc(I)n1. The lowest BCUT2D eigenvalue weighted by molar-refractivity contribution is 1.23. The Morgan fingerprint density at radius 1 is 1.60 bits per heavy atom. The second-order valence-corrected chi connectivity index (χ2v) is 3.23. The van der Waals surface area contributed by atoms with Crippen LogP contribution in [-0.2, 0) is 5.88 Å². The van der Waals surface area contributed by atoms with Crippen LogP contribution in [0.1, 0.15) is 5.56 Å². The average Bonchev–Trinajstić information content (AvgIpc) is 1.85. The molecular formula is C6H6ClIN2. The van der Waals surface area contributed by atoms with Crippen LogP contribution < -0.4 is 5.73 Å². The number of aromatic nitrogens is 1. The third-order valence-corrected chi connectivity index (χ3v) is 1.89.